The Kier molecular flexibility index (Phi) is 3.67. The Bertz CT molecular complexity index is 593. The van der Waals surface area contributed by atoms with E-state index in [0.717, 1.165) is 16.1 Å². The molecule has 0 aliphatic carbocycles. The first-order chi connectivity index (χ1) is 8.56. The van der Waals surface area contributed by atoms with Crippen LogP contribution in [0.4, 0.5) is 0 Å². The first-order valence-corrected chi connectivity index (χ1v) is 6.15. The smallest absolute Gasteiger partial charge is 0.170 e. The van der Waals surface area contributed by atoms with Crippen LogP contribution in [0.5, 0.6) is 11.5 Å². The molecule has 2 aromatic carbocycles. The lowest BCUT2D eigenvalue weighted by molar-refractivity contribution is 0.0990. The van der Waals surface area contributed by atoms with Gasteiger partial charge in [0.2, 0.25) is 0 Å². The number of benzene rings is 2. The van der Waals surface area contributed by atoms with E-state index in [2.05, 4.69) is 15.9 Å². The fourth-order valence-corrected chi connectivity index (χ4v) is 2.13. The number of ketones is 1. The molecule has 2 N–H and O–H groups in total. The molecule has 0 aromatic heterocycles. The van der Waals surface area contributed by atoms with E-state index >= 15 is 0 Å². The number of rotatable bonds is 3. The molecule has 0 atom stereocenters. The maximum Gasteiger partial charge on any atom is 0.170 e. The molecule has 0 aliphatic heterocycles. The van der Waals surface area contributed by atoms with Crippen molar-refractivity contribution in [1.29, 1.82) is 0 Å². The molecule has 18 heavy (non-hydrogen) atoms. The van der Waals surface area contributed by atoms with Crippen LogP contribution in [0.2, 0.25) is 0 Å². The first kappa shape index (κ1) is 12.6. The summed E-state index contributed by atoms with van der Waals surface area (Å²) in [5, 5.41) is 18.8. The van der Waals surface area contributed by atoms with Gasteiger partial charge >= 0.3 is 0 Å². The van der Waals surface area contributed by atoms with Crippen LogP contribution in [0, 0.1) is 0 Å². The van der Waals surface area contributed by atoms with Crippen molar-refractivity contribution in [2.75, 3.05) is 0 Å². The standard InChI is InChI=1S/C14H11BrO3/c15-10-3-1-2-9(6-10)7-13(17)12-5-4-11(16)8-14(12)18/h1-6,8,16,18H,7H2. The third kappa shape index (κ3) is 2.90. The summed E-state index contributed by atoms with van der Waals surface area (Å²) in [6, 6.07) is 11.4. The van der Waals surface area contributed by atoms with Crippen LogP contribution >= 0.6 is 15.9 Å². The molecule has 0 heterocycles. The Morgan fingerprint density at radius 3 is 2.56 bits per heavy atom. The summed E-state index contributed by atoms with van der Waals surface area (Å²) in [5.74, 6) is -0.452. The Balaban J connectivity index is 2.22. The highest BCUT2D eigenvalue weighted by Gasteiger charge is 2.12. The van der Waals surface area contributed by atoms with Crippen molar-refractivity contribution in [3.63, 3.8) is 0 Å². The number of halogens is 1. The predicted molar refractivity (Wildman–Crippen MR) is 71.9 cm³/mol. The van der Waals surface area contributed by atoms with E-state index in [9.17, 15) is 9.90 Å². The third-order valence-corrected chi connectivity index (χ3v) is 3.03. The molecule has 92 valence electrons. The van der Waals surface area contributed by atoms with Crippen LogP contribution in [0.3, 0.4) is 0 Å². The lowest BCUT2D eigenvalue weighted by Crippen LogP contribution is -2.03. The number of phenolic OH excluding ortho intramolecular Hbond substituents is 2. The lowest BCUT2D eigenvalue weighted by Gasteiger charge is -2.05. The van der Waals surface area contributed by atoms with Crippen molar-refractivity contribution >= 4 is 21.7 Å². The van der Waals surface area contributed by atoms with Gasteiger partial charge in [-0.15, -0.1) is 0 Å². The molecule has 3 nitrogen and oxygen atoms in total. The Labute approximate surface area is 113 Å². The van der Waals surface area contributed by atoms with Crippen LogP contribution in [0.25, 0.3) is 0 Å². The van der Waals surface area contributed by atoms with Crippen LogP contribution in [0.1, 0.15) is 15.9 Å². The summed E-state index contributed by atoms with van der Waals surface area (Å²) in [5.41, 5.74) is 1.08. The topological polar surface area (TPSA) is 57.5 Å². The first-order valence-electron chi connectivity index (χ1n) is 5.36. The molecule has 0 saturated carbocycles. The van der Waals surface area contributed by atoms with Gasteiger partial charge in [-0.25, -0.2) is 0 Å². The normalized spacial score (nSPS) is 10.3. The van der Waals surface area contributed by atoms with Gasteiger partial charge in [0.05, 0.1) is 5.56 Å². The second-order valence-electron chi connectivity index (χ2n) is 3.93. The van der Waals surface area contributed by atoms with Crippen molar-refractivity contribution in [1.82, 2.24) is 0 Å². The molecule has 4 heteroatoms. The molecule has 0 fully saturated rings. The molecular weight excluding hydrogens is 296 g/mol. The second-order valence-corrected chi connectivity index (χ2v) is 4.85. The predicted octanol–water partition coefficient (Wildman–Crippen LogP) is 3.29. The minimum atomic E-state index is -0.199. The van der Waals surface area contributed by atoms with Crippen molar-refractivity contribution in [2.24, 2.45) is 0 Å². The zero-order valence-corrected chi connectivity index (χ0v) is 11.0. The molecule has 0 unspecified atom stereocenters. The van der Waals surface area contributed by atoms with Gasteiger partial charge < -0.3 is 10.2 Å². The van der Waals surface area contributed by atoms with Gasteiger partial charge in [-0.05, 0) is 29.8 Å². The maximum atomic E-state index is 12.0. The van der Waals surface area contributed by atoms with Crippen LogP contribution < -0.4 is 0 Å². The van der Waals surface area contributed by atoms with Gasteiger partial charge in [0.25, 0.3) is 0 Å². The molecule has 0 spiro atoms. The fourth-order valence-electron chi connectivity index (χ4n) is 1.68. The van der Waals surface area contributed by atoms with Gasteiger partial charge in [0.15, 0.2) is 5.78 Å². The molecule has 2 rings (SSSR count). The summed E-state index contributed by atoms with van der Waals surface area (Å²) in [6.45, 7) is 0. The van der Waals surface area contributed by atoms with E-state index in [0.29, 0.717) is 0 Å². The van der Waals surface area contributed by atoms with Gasteiger partial charge in [-0.2, -0.15) is 0 Å². The SMILES string of the molecule is O=C(Cc1cccc(Br)c1)c1ccc(O)cc1O. The number of hydrogen-bond acceptors (Lipinski definition) is 3. The van der Waals surface area contributed by atoms with Crippen molar-refractivity contribution in [3.05, 3.63) is 58.1 Å². The summed E-state index contributed by atoms with van der Waals surface area (Å²) < 4.78 is 0.905. The molecule has 0 radical (unpaired) electrons. The number of carbonyl (C=O) groups is 1. The zero-order valence-electron chi connectivity index (χ0n) is 9.43. The minimum absolute atomic E-state index is 0.0634. The second kappa shape index (κ2) is 5.23. The average Bonchev–Trinajstić information content (AvgIpc) is 2.28. The van der Waals surface area contributed by atoms with Gasteiger partial charge in [0, 0.05) is 17.0 Å². The quantitative estimate of drug-likeness (QED) is 0.856. The van der Waals surface area contributed by atoms with E-state index in [-0.39, 0.29) is 29.3 Å². The largest absolute Gasteiger partial charge is 0.508 e. The van der Waals surface area contributed by atoms with Crippen molar-refractivity contribution < 1.29 is 15.0 Å². The molecule has 0 bridgehead atoms. The van der Waals surface area contributed by atoms with E-state index < -0.39 is 0 Å². The van der Waals surface area contributed by atoms with Crippen molar-refractivity contribution in [3.8, 4) is 11.5 Å². The highest BCUT2D eigenvalue weighted by Crippen LogP contribution is 2.24. The number of Topliss-reactive ketones (excluding diaryl/α,β-unsaturated/α-hetero) is 1. The average molecular weight is 307 g/mol. The maximum absolute atomic E-state index is 12.0. The highest BCUT2D eigenvalue weighted by atomic mass is 79.9. The van der Waals surface area contributed by atoms with Crippen LogP contribution in [-0.4, -0.2) is 16.0 Å². The highest BCUT2D eigenvalue weighted by molar-refractivity contribution is 9.10. The summed E-state index contributed by atoms with van der Waals surface area (Å²) >= 11 is 3.34. The van der Waals surface area contributed by atoms with E-state index in [4.69, 9.17) is 5.11 Å². The minimum Gasteiger partial charge on any atom is -0.508 e. The Morgan fingerprint density at radius 1 is 1.11 bits per heavy atom. The zero-order chi connectivity index (χ0) is 13.1. The van der Waals surface area contributed by atoms with Crippen LogP contribution in [0.15, 0.2) is 46.9 Å². The summed E-state index contributed by atoms with van der Waals surface area (Å²) in [7, 11) is 0. The summed E-state index contributed by atoms with van der Waals surface area (Å²) in [6.07, 6.45) is 0.206. The number of aromatic hydroxyl groups is 2. The number of phenols is 2. The molecule has 0 amide bonds. The number of carbonyl (C=O) groups excluding carboxylic acids is 1. The summed E-state index contributed by atoms with van der Waals surface area (Å²) in [4.78, 5) is 12.0. The Hall–Kier alpha value is -1.81. The molecular formula is C14H11BrO3. The third-order valence-electron chi connectivity index (χ3n) is 2.54. The van der Waals surface area contributed by atoms with E-state index in [1.54, 1.807) is 0 Å². The lowest BCUT2D eigenvalue weighted by atomic mass is 10.0. The molecule has 0 aliphatic rings. The van der Waals surface area contributed by atoms with E-state index in [1.807, 2.05) is 24.3 Å². The fraction of sp³-hybridized carbons (Fsp3) is 0.0714. The van der Waals surface area contributed by atoms with Crippen LogP contribution in [-0.2, 0) is 6.42 Å². The molecule has 2 aromatic rings. The molecule has 0 saturated heterocycles. The Morgan fingerprint density at radius 2 is 1.89 bits per heavy atom. The monoisotopic (exact) mass is 306 g/mol. The van der Waals surface area contributed by atoms with Gasteiger partial charge in [-0.1, -0.05) is 28.1 Å². The van der Waals surface area contributed by atoms with E-state index in [1.165, 1.54) is 12.1 Å². The number of hydrogen-bond donors (Lipinski definition) is 2. The van der Waals surface area contributed by atoms with Gasteiger partial charge in [0.1, 0.15) is 11.5 Å². The van der Waals surface area contributed by atoms with Crippen molar-refractivity contribution in [2.45, 2.75) is 6.42 Å². The van der Waals surface area contributed by atoms with Gasteiger partial charge in [-0.3, -0.25) is 4.79 Å².